The lowest BCUT2D eigenvalue weighted by atomic mass is 10.2. The van der Waals surface area contributed by atoms with Crippen LogP contribution in [0.2, 0.25) is 0 Å². The minimum Gasteiger partial charge on any atom is -0.459 e. The van der Waals surface area contributed by atoms with Gasteiger partial charge in [-0.05, 0) is 23.8 Å². The number of imidazole rings is 1. The molecule has 0 atom stereocenters. The highest BCUT2D eigenvalue weighted by Gasteiger charge is 2.28. The van der Waals surface area contributed by atoms with E-state index in [2.05, 4.69) is 9.88 Å². The minimum atomic E-state index is -4.03. The molecule has 1 aliphatic heterocycles. The van der Waals surface area contributed by atoms with E-state index < -0.39 is 21.4 Å². The van der Waals surface area contributed by atoms with Crippen LogP contribution in [0.25, 0.3) is 0 Å². The molecule has 40 heavy (non-hydrogen) atoms. The van der Waals surface area contributed by atoms with Crippen molar-refractivity contribution in [1.82, 2.24) is 19.4 Å². The Hall–Kier alpha value is -3.80. The van der Waals surface area contributed by atoms with Gasteiger partial charge in [0.25, 0.3) is 5.91 Å². The number of hydrogen-bond donors (Lipinski definition) is 0. The van der Waals surface area contributed by atoms with Crippen molar-refractivity contribution >= 4 is 15.7 Å². The third kappa shape index (κ3) is 6.67. The number of hydrogen-bond acceptors (Lipinski definition) is 7. The molecule has 0 N–H and O–H groups in total. The Morgan fingerprint density at radius 1 is 1.00 bits per heavy atom. The summed E-state index contributed by atoms with van der Waals surface area (Å²) < 4.78 is 53.9. The van der Waals surface area contributed by atoms with Crippen molar-refractivity contribution in [2.24, 2.45) is 0 Å². The third-order valence-corrected chi connectivity index (χ3v) is 8.40. The second-order valence-corrected chi connectivity index (χ2v) is 11.5. The van der Waals surface area contributed by atoms with E-state index >= 15 is 0 Å². The number of nitrogens with zero attached hydrogens (tertiary/aromatic N) is 4. The summed E-state index contributed by atoms with van der Waals surface area (Å²) in [4.78, 5) is 21.6. The van der Waals surface area contributed by atoms with E-state index in [1.165, 1.54) is 30.7 Å². The van der Waals surface area contributed by atoms with E-state index in [-0.39, 0.29) is 35.5 Å². The van der Waals surface area contributed by atoms with E-state index in [0.29, 0.717) is 32.0 Å². The van der Waals surface area contributed by atoms with Crippen LogP contribution in [-0.4, -0.2) is 73.1 Å². The van der Waals surface area contributed by atoms with Crippen molar-refractivity contribution < 1.29 is 26.8 Å². The van der Waals surface area contributed by atoms with Crippen LogP contribution in [0.15, 0.2) is 88.8 Å². The molecule has 9 nitrogen and oxygen atoms in total. The highest BCUT2D eigenvalue weighted by atomic mass is 32.2. The Labute approximate surface area is 232 Å². The number of morpholine rings is 1. The fourth-order valence-electron chi connectivity index (χ4n) is 4.68. The van der Waals surface area contributed by atoms with E-state index in [0.717, 1.165) is 18.7 Å². The molecule has 11 heteroatoms. The molecule has 3 heterocycles. The van der Waals surface area contributed by atoms with Gasteiger partial charge in [0.2, 0.25) is 15.0 Å². The van der Waals surface area contributed by atoms with Crippen molar-refractivity contribution in [2.75, 3.05) is 39.4 Å². The van der Waals surface area contributed by atoms with Crippen LogP contribution in [0, 0.1) is 5.82 Å². The van der Waals surface area contributed by atoms with Gasteiger partial charge in [-0.3, -0.25) is 9.69 Å². The number of ether oxygens (including phenoxy) is 1. The van der Waals surface area contributed by atoms with Crippen LogP contribution in [0.5, 0.6) is 0 Å². The molecule has 0 saturated carbocycles. The standard InChI is InChI=1S/C29H31FN4O5S/c30-26-10-5-4-9-24(26)22-40(36,37)29-31-19-25(34(29)20-23-7-2-1-3-8-23)21-33(28(35)27-11-6-16-39-27)13-12-32-14-17-38-18-15-32/h1-11,16,19H,12-15,17-18,20-22H2. The van der Waals surface area contributed by atoms with Crippen LogP contribution in [-0.2, 0) is 33.4 Å². The van der Waals surface area contributed by atoms with Crippen LogP contribution < -0.4 is 0 Å². The number of aromatic nitrogens is 2. The number of furan rings is 1. The molecule has 0 unspecified atom stereocenters. The summed E-state index contributed by atoms with van der Waals surface area (Å²) in [6.07, 6.45) is 2.93. The zero-order chi connectivity index (χ0) is 28.0. The quantitative estimate of drug-likeness (QED) is 0.274. The molecule has 0 spiro atoms. The van der Waals surface area contributed by atoms with Gasteiger partial charge >= 0.3 is 0 Å². The normalized spacial score (nSPS) is 14.3. The Bertz CT molecular complexity index is 1520. The van der Waals surface area contributed by atoms with Crippen LogP contribution in [0.4, 0.5) is 4.39 Å². The average molecular weight is 567 g/mol. The second kappa shape index (κ2) is 12.6. The second-order valence-electron chi connectivity index (χ2n) is 9.61. The van der Waals surface area contributed by atoms with Gasteiger partial charge in [-0.1, -0.05) is 48.5 Å². The molecule has 5 rings (SSSR count). The Morgan fingerprint density at radius 2 is 1.75 bits per heavy atom. The summed E-state index contributed by atoms with van der Waals surface area (Å²) in [6.45, 7) is 4.17. The molecule has 1 saturated heterocycles. The van der Waals surface area contributed by atoms with Gasteiger partial charge in [0.1, 0.15) is 5.82 Å². The summed E-state index contributed by atoms with van der Waals surface area (Å²) in [6, 6.07) is 18.5. The van der Waals surface area contributed by atoms with E-state index in [4.69, 9.17) is 9.15 Å². The number of halogens is 1. The number of rotatable bonds is 11. The molecule has 1 fully saturated rings. The monoisotopic (exact) mass is 566 g/mol. The van der Waals surface area contributed by atoms with Gasteiger partial charge in [-0.2, -0.15) is 0 Å². The highest BCUT2D eigenvalue weighted by molar-refractivity contribution is 7.90. The Morgan fingerprint density at radius 3 is 2.48 bits per heavy atom. The smallest absolute Gasteiger partial charge is 0.289 e. The predicted molar refractivity (Wildman–Crippen MR) is 146 cm³/mol. The Balaban J connectivity index is 1.47. The summed E-state index contributed by atoms with van der Waals surface area (Å²) in [7, 11) is -4.03. The maximum absolute atomic E-state index is 14.4. The predicted octanol–water partition coefficient (Wildman–Crippen LogP) is 3.61. The topological polar surface area (TPSA) is 97.9 Å². The van der Waals surface area contributed by atoms with Crippen molar-refractivity contribution in [3.63, 3.8) is 0 Å². The van der Waals surface area contributed by atoms with Crippen molar-refractivity contribution in [1.29, 1.82) is 0 Å². The van der Waals surface area contributed by atoms with Crippen LogP contribution in [0.1, 0.15) is 27.4 Å². The van der Waals surface area contributed by atoms with Crippen molar-refractivity contribution in [3.05, 3.63) is 108 Å². The third-order valence-electron chi connectivity index (χ3n) is 6.83. The van der Waals surface area contributed by atoms with Gasteiger partial charge in [0.15, 0.2) is 5.76 Å². The Kier molecular flexibility index (Phi) is 8.73. The fourth-order valence-corrected chi connectivity index (χ4v) is 6.18. The molecular weight excluding hydrogens is 535 g/mol. The number of carbonyl (C=O) groups excluding carboxylic acids is 1. The number of carbonyl (C=O) groups is 1. The first-order valence-corrected chi connectivity index (χ1v) is 14.7. The van der Waals surface area contributed by atoms with Crippen LogP contribution in [0.3, 0.4) is 0 Å². The van der Waals surface area contributed by atoms with Crippen molar-refractivity contribution in [2.45, 2.75) is 24.0 Å². The lowest BCUT2D eigenvalue weighted by Gasteiger charge is -2.30. The molecule has 210 valence electrons. The molecule has 0 radical (unpaired) electrons. The average Bonchev–Trinajstić information content (AvgIpc) is 3.64. The summed E-state index contributed by atoms with van der Waals surface area (Å²) >= 11 is 0. The largest absolute Gasteiger partial charge is 0.459 e. The van der Waals surface area contributed by atoms with Gasteiger partial charge in [-0.25, -0.2) is 17.8 Å². The first-order chi connectivity index (χ1) is 19.4. The molecule has 4 aromatic rings. The molecule has 0 aliphatic carbocycles. The fraction of sp³-hybridized carbons (Fsp3) is 0.310. The van der Waals surface area contributed by atoms with E-state index in [1.807, 2.05) is 30.3 Å². The SMILES string of the molecule is O=C(c1ccco1)N(CCN1CCOCC1)Cc1cnc(S(=O)(=O)Cc2ccccc2F)n1Cc1ccccc1. The lowest BCUT2D eigenvalue weighted by Crippen LogP contribution is -2.43. The molecule has 1 amide bonds. The number of amides is 1. The molecule has 1 aliphatic rings. The molecule has 2 aromatic heterocycles. The zero-order valence-electron chi connectivity index (χ0n) is 22.0. The summed E-state index contributed by atoms with van der Waals surface area (Å²) in [5.41, 5.74) is 1.47. The van der Waals surface area contributed by atoms with Gasteiger partial charge in [-0.15, -0.1) is 0 Å². The first-order valence-electron chi connectivity index (χ1n) is 13.1. The molecular formula is C29H31FN4O5S. The van der Waals surface area contributed by atoms with Gasteiger partial charge in [0, 0.05) is 31.7 Å². The van der Waals surface area contributed by atoms with Crippen LogP contribution >= 0.6 is 0 Å². The summed E-state index contributed by atoms with van der Waals surface area (Å²) in [5, 5.41) is -0.173. The zero-order valence-corrected chi connectivity index (χ0v) is 22.8. The van der Waals surface area contributed by atoms with Crippen molar-refractivity contribution in [3.8, 4) is 0 Å². The first kappa shape index (κ1) is 27.8. The summed E-state index contributed by atoms with van der Waals surface area (Å²) in [5.74, 6) is -1.23. The maximum Gasteiger partial charge on any atom is 0.289 e. The maximum atomic E-state index is 14.4. The minimum absolute atomic E-state index is 0.0680. The molecule has 0 bridgehead atoms. The van der Waals surface area contributed by atoms with Gasteiger partial charge in [0.05, 0.1) is 50.2 Å². The van der Waals surface area contributed by atoms with Gasteiger partial charge < -0.3 is 18.6 Å². The van der Waals surface area contributed by atoms with E-state index in [1.54, 1.807) is 27.7 Å². The number of benzene rings is 2. The molecule has 2 aromatic carbocycles. The highest BCUT2D eigenvalue weighted by Crippen LogP contribution is 2.22. The lowest BCUT2D eigenvalue weighted by molar-refractivity contribution is 0.0315. The van der Waals surface area contributed by atoms with E-state index in [9.17, 15) is 17.6 Å². The number of sulfone groups is 1.